The van der Waals surface area contributed by atoms with Crippen LogP contribution < -0.4 is 10.1 Å². The van der Waals surface area contributed by atoms with Gasteiger partial charge in [-0.25, -0.2) is 0 Å². The second kappa shape index (κ2) is 11.0. The lowest BCUT2D eigenvalue weighted by atomic mass is 10.1. The summed E-state index contributed by atoms with van der Waals surface area (Å²) < 4.78 is 44.6. The molecule has 0 radical (unpaired) electrons. The van der Waals surface area contributed by atoms with Crippen LogP contribution >= 0.6 is 11.8 Å². The van der Waals surface area contributed by atoms with Crippen molar-refractivity contribution in [2.24, 2.45) is 0 Å². The van der Waals surface area contributed by atoms with Crippen LogP contribution in [0.5, 0.6) is 11.5 Å². The van der Waals surface area contributed by atoms with Crippen molar-refractivity contribution in [2.45, 2.75) is 13.1 Å². The number of alkyl halides is 3. The summed E-state index contributed by atoms with van der Waals surface area (Å²) in [6.45, 7) is 1.36. The first-order chi connectivity index (χ1) is 18.4. The van der Waals surface area contributed by atoms with E-state index in [2.05, 4.69) is 5.32 Å². The number of carbonyl (C=O) groups excluding carboxylic acids is 3. The van der Waals surface area contributed by atoms with E-state index in [1.807, 2.05) is 6.92 Å². The average molecular weight is 558 g/mol. The Labute approximate surface area is 223 Å². The van der Waals surface area contributed by atoms with Gasteiger partial charge < -0.3 is 10.1 Å². The number of imide groups is 1. The lowest BCUT2D eigenvalue weighted by Gasteiger charge is -2.13. The van der Waals surface area contributed by atoms with E-state index >= 15 is 0 Å². The van der Waals surface area contributed by atoms with Crippen LogP contribution in [0, 0.1) is 17.0 Å². The molecule has 200 valence electrons. The van der Waals surface area contributed by atoms with E-state index < -0.39 is 51.7 Å². The predicted molar refractivity (Wildman–Crippen MR) is 137 cm³/mol. The van der Waals surface area contributed by atoms with Crippen LogP contribution in [0.4, 0.5) is 29.3 Å². The van der Waals surface area contributed by atoms with Crippen molar-refractivity contribution >= 4 is 46.3 Å². The van der Waals surface area contributed by atoms with E-state index in [1.165, 1.54) is 24.3 Å². The first-order valence-electron chi connectivity index (χ1n) is 11.2. The zero-order valence-corrected chi connectivity index (χ0v) is 20.8. The first kappa shape index (κ1) is 27.4. The van der Waals surface area contributed by atoms with E-state index in [0.717, 1.165) is 16.5 Å². The van der Waals surface area contributed by atoms with Gasteiger partial charge in [0.05, 0.1) is 15.4 Å². The SMILES string of the molecule is Cc1ccc(NC(=O)CN2C(=O)S/C(=C/c3ccccc3Oc3ccc(C(F)(F)F)cc3[N+](=O)[O-])C2=O)cc1. The summed E-state index contributed by atoms with van der Waals surface area (Å²) in [5.74, 6) is -1.78. The van der Waals surface area contributed by atoms with Gasteiger partial charge >= 0.3 is 11.9 Å². The third kappa shape index (κ3) is 6.44. The highest BCUT2D eigenvalue weighted by Crippen LogP contribution is 2.40. The molecule has 3 aromatic rings. The highest BCUT2D eigenvalue weighted by molar-refractivity contribution is 8.18. The van der Waals surface area contributed by atoms with Gasteiger partial charge in [-0.1, -0.05) is 35.9 Å². The molecule has 1 N–H and O–H groups in total. The maximum atomic E-state index is 13.0. The zero-order chi connectivity index (χ0) is 28.3. The fourth-order valence-corrected chi connectivity index (χ4v) is 4.32. The van der Waals surface area contributed by atoms with Crippen molar-refractivity contribution in [3.8, 4) is 11.5 Å². The van der Waals surface area contributed by atoms with Gasteiger partial charge in [0, 0.05) is 17.3 Å². The Balaban J connectivity index is 1.54. The van der Waals surface area contributed by atoms with Gasteiger partial charge in [-0.15, -0.1) is 0 Å². The van der Waals surface area contributed by atoms with Gasteiger partial charge in [0.15, 0.2) is 0 Å². The Kier molecular flexibility index (Phi) is 7.72. The fraction of sp³-hybridized carbons (Fsp3) is 0.115. The number of benzene rings is 3. The van der Waals surface area contributed by atoms with Crippen molar-refractivity contribution in [2.75, 3.05) is 11.9 Å². The van der Waals surface area contributed by atoms with Gasteiger partial charge in [0.25, 0.3) is 11.1 Å². The molecule has 3 aromatic carbocycles. The first-order valence-corrected chi connectivity index (χ1v) is 12.0. The molecular weight excluding hydrogens is 539 g/mol. The van der Waals surface area contributed by atoms with Crippen molar-refractivity contribution in [1.29, 1.82) is 0 Å². The fourth-order valence-electron chi connectivity index (χ4n) is 3.49. The van der Waals surface area contributed by atoms with Gasteiger partial charge in [-0.2, -0.15) is 13.2 Å². The Bertz CT molecular complexity index is 1510. The van der Waals surface area contributed by atoms with Gasteiger partial charge in [0.1, 0.15) is 12.3 Å². The molecule has 13 heteroatoms. The standard InChI is InChI=1S/C26H18F3N3O6S/c1-15-6-9-18(10-7-15)30-23(33)14-31-24(34)22(39-25(31)35)12-16-4-2-3-5-20(16)38-21-11-8-17(26(27,28)29)13-19(21)32(36)37/h2-13H,14H2,1H3,(H,30,33)/b22-12+. The Morgan fingerprint density at radius 2 is 1.77 bits per heavy atom. The molecule has 4 rings (SSSR count). The topological polar surface area (TPSA) is 119 Å². The number of aryl methyl sites for hydroxylation is 1. The molecule has 0 saturated carbocycles. The van der Waals surface area contributed by atoms with Gasteiger partial charge in [-0.05, 0) is 55.1 Å². The minimum absolute atomic E-state index is 0.00993. The molecule has 9 nitrogen and oxygen atoms in total. The lowest BCUT2D eigenvalue weighted by Crippen LogP contribution is -2.36. The number of nitro groups is 1. The highest BCUT2D eigenvalue weighted by atomic mass is 32.2. The number of ether oxygens (including phenoxy) is 1. The number of rotatable bonds is 7. The molecule has 0 spiro atoms. The van der Waals surface area contributed by atoms with Crippen LogP contribution in [-0.2, 0) is 15.8 Å². The van der Waals surface area contributed by atoms with Gasteiger partial charge in [0.2, 0.25) is 11.7 Å². The number of nitrogens with zero attached hydrogens (tertiary/aromatic N) is 2. The molecule has 1 heterocycles. The summed E-state index contributed by atoms with van der Waals surface area (Å²) in [6.07, 6.45) is -3.49. The highest BCUT2D eigenvalue weighted by Gasteiger charge is 2.37. The Hall–Kier alpha value is -4.65. The third-order valence-electron chi connectivity index (χ3n) is 5.42. The molecular formula is C26H18F3N3O6S. The number of halogens is 3. The number of para-hydroxylation sites is 1. The van der Waals surface area contributed by atoms with Gasteiger partial charge in [-0.3, -0.25) is 29.4 Å². The number of hydrogen-bond donors (Lipinski definition) is 1. The molecule has 0 bridgehead atoms. The molecule has 0 unspecified atom stereocenters. The van der Waals surface area contributed by atoms with Crippen LogP contribution in [-0.4, -0.2) is 33.4 Å². The zero-order valence-electron chi connectivity index (χ0n) is 20.0. The summed E-state index contributed by atoms with van der Waals surface area (Å²) in [6, 6.07) is 14.8. The Morgan fingerprint density at radius 3 is 2.44 bits per heavy atom. The summed E-state index contributed by atoms with van der Waals surface area (Å²) in [5.41, 5.74) is -0.409. The second-order valence-corrected chi connectivity index (χ2v) is 9.25. The minimum atomic E-state index is -4.79. The summed E-state index contributed by atoms with van der Waals surface area (Å²) in [4.78, 5) is 48.9. The molecule has 3 amide bonds. The molecule has 0 atom stereocenters. The quantitative estimate of drug-likeness (QED) is 0.203. The van der Waals surface area contributed by atoms with E-state index in [4.69, 9.17) is 4.74 Å². The van der Waals surface area contributed by atoms with E-state index in [1.54, 1.807) is 30.3 Å². The predicted octanol–water partition coefficient (Wildman–Crippen LogP) is 6.39. The average Bonchev–Trinajstić information content (AvgIpc) is 3.13. The molecule has 39 heavy (non-hydrogen) atoms. The van der Waals surface area contributed by atoms with Crippen LogP contribution in [0.25, 0.3) is 6.08 Å². The smallest absolute Gasteiger partial charge is 0.416 e. The van der Waals surface area contributed by atoms with E-state index in [0.29, 0.717) is 29.6 Å². The summed E-state index contributed by atoms with van der Waals surface area (Å²) in [7, 11) is 0. The number of nitro benzene ring substituents is 1. The number of thioether (sulfide) groups is 1. The number of anilines is 1. The number of carbonyl (C=O) groups is 3. The summed E-state index contributed by atoms with van der Waals surface area (Å²) in [5, 5.41) is 13.3. The van der Waals surface area contributed by atoms with Crippen LogP contribution in [0.15, 0.2) is 71.6 Å². The second-order valence-electron chi connectivity index (χ2n) is 8.26. The normalized spacial score (nSPS) is 14.6. The van der Waals surface area contributed by atoms with Crippen LogP contribution in [0.3, 0.4) is 0 Å². The van der Waals surface area contributed by atoms with Crippen molar-refractivity contribution in [3.63, 3.8) is 0 Å². The van der Waals surface area contributed by atoms with Crippen molar-refractivity contribution < 1.29 is 37.2 Å². The molecule has 1 aliphatic rings. The molecule has 1 aliphatic heterocycles. The number of hydrogen-bond acceptors (Lipinski definition) is 7. The number of nitrogens with one attached hydrogen (secondary N) is 1. The van der Waals surface area contributed by atoms with Crippen molar-refractivity contribution in [3.05, 3.63) is 98.4 Å². The molecule has 0 aliphatic carbocycles. The Morgan fingerprint density at radius 1 is 1.08 bits per heavy atom. The van der Waals surface area contributed by atoms with Crippen LogP contribution in [0.1, 0.15) is 16.7 Å². The summed E-state index contributed by atoms with van der Waals surface area (Å²) >= 11 is 0.584. The van der Waals surface area contributed by atoms with E-state index in [9.17, 15) is 37.7 Å². The molecule has 1 saturated heterocycles. The third-order valence-corrected chi connectivity index (χ3v) is 6.33. The van der Waals surface area contributed by atoms with Crippen LogP contribution in [0.2, 0.25) is 0 Å². The van der Waals surface area contributed by atoms with Crippen molar-refractivity contribution in [1.82, 2.24) is 4.90 Å². The monoisotopic (exact) mass is 557 g/mol. The molecule has 0 aromatic heterocycles. The number of amides is 3. The van der Waals surface area contributed by atoms with E-state index in [-0.39, 0.29) is 16.2 Å². The molecule has 1 fully saturated rings. The minimum Gasteiger partial charge on any atom is -0.449 e. The maximum absolute atomic E-state index is 13.0. The lowest BCUT2D eigenvalue weighted by molar-refractivity contribution is -0.385. The largest absolute Gasteiger partial charge is 0.449 e. The maximum Gasteiger partial charge on any atom is 0.416 e.